The topological polar surface area (TPSA) is 88.1 Å². The van der Waals surface area contributed by atoms with E-state index in [0.717, 1.165) is 21.0 Å². The minimum Gasteiger partial charge on any atom is -0.495 e. The third-order valence-corrected chi connectivity index (χ3v) is 5.39. The van der Waals surface area contributed by atoms with Crippen LogP contribution in [0.25, 0.3) is 0 Å². The molecule has 1 aromatic carbocycles. The fourth-order valence-corrected chi connectivity index (χ4v) is 3.71. The lowest BCUT2D eigenvalue weighted by Crippen LogP contribution is -2.39. The van der Waals surface area contributed by atoms with Gasteiger partial charge in [-0.05, 0) is 36.1 Å². The number of aryl methyl sites for hydroxylation is 1. The van der Waals surface area contributed by atoms with E-state index in [2.05, 4.69) is 10.5 Å². The summed E-state index contributed by atoms with van der Waals surface area (Å²) in [5.74, 6) is -0.194. The summed E-state index contributed by atoms with van der Waals surface area (Å²) < 4.78 is 30.3. The Hall–Kier alpha value is -2.39. The zero-order valence-corrected chi connectivity index (χ0v) is 15.7. The first kappa shape index (κ1) is 18.9. The summed E-state index contributed by atoms with van der Waals surface area (Å²) in [4.78, 5) is 13.0. The largest absolute Gasteiger partial charge is 0.495 e. The van der Waals surface area contributed by atoms with Gasteiger partial charge in [0, 0.05) is 4.88 Å². The molecule has 0 bridgehead atoms. The standard InChI is InChI=1S/C16H19N3O4S2/c1-12-8-9-24-15(12)10-17-18-16(20)11-19(25(3,21)22)13-6-4-5-7-14(13)23-2/h4-10H,11H2,1-3H3,(H,18,20)/b17-10-. The van der Waals surface area contributed by atoms with Gasteiger partial charge in [-0.25, -0.2) is 13.8 Å². The Balaban J connectivity index is 2.14. The van der Waals surface area contributed by atoms with Crippen molar-refractivity contribution in [2.75, 3.05) is 24.2 Å². The number of anilines is 1. The van der Waals surface area contributed by atoms with Crippen LogP contribution in [0.15, 0.2) is 40.8 Å². The number of sulfonamides is 1. The molecule has 134 valence electrons. The molecule has 0 saturated heterocycles. The molecule has 9 heteroatoms. The van der Waals surface area contributed by atoms with Crippen LogP contribution in [0.1, 0.15) is 10.4 Å². The van der Waals surface area contributed by atoms with Gasteiger partial charge in [-0.1, -0.05) is 12.1 Å². The minimum absolute atomic E-state index is 0.292. The van der Waals surface area contributed by atoms with Crippen LogP contribution in [-0.2, 0) is 14.8 Å². The highest BCUT2D eigenvalue weighted by Gasteiger charge is 2.23. The number of carbonyl (C=O) groups is 1. The van der Waals surface area contributed by atoms with E-state index >= 15 is 0 Å². The molecule has 0 fully saturated rings. The Kier molecular flexibility index (Phi) is 6.16. The fourth-order valence-electron chi connectivity index (χ4n) is 2.06. The van der Waals surface area contributed by atoms with E-state index in [4.69, 9.17) is 4.74 Å². The molecule has 0 aliphatic carbocycles. The van der Waals surface area contributed by atoms with Gasteiger partial charge in [0.2, 0.25) is 10.0 Å². The van der Waals surface area contributed by atoms with Crippen molar-refractivity contribution in [3.63, 3.8) is 0 Å². The molecule has 0 radical (unpaired) electrons. The molecule has 0 aliphatic heterocycles. The molecule has 0 spiro atoms. The highest BCUT2D eigenvalue weighted by molar-refractivity contribution is 7.92. The number of nitrogens with zero attached hydrogens (tertiary/aromatic N) is 2. The number of methoxy groups -OCH3 is 1. The Morgan fingerprint density at radius 3 is 2.68 bits per heavy atom. The number of rotatable bonds is 7. The maximum atomic E-state index is 12.1. The number of hydrogen-bond acceptors (Lipinski definition) is 6. The maximum absolute atomic E-state index is 12.1. The number of ether oxygens (including phenoxy) is 1. The van der Waals surface area contributed by atoms with Crippen LogP contribution in [-0.4, -0.2) is 40.4 Å². The Morgan fingerprint density at radius 1 is 1.36 bits per heavy atom. The van der Waals surface area contributed by atoms with E-state index in [0.29, 0.717) is 11.4 Å². The summed E-state index contributed by atoms with van der Waals surface area (Å²) in [7, 11) is -2.24. The van der Waals surface area contributed by atoms with Gasteiger partial charge in [0.05, 0.1) is 25.3 Å². The predicted molar refractivity (Wildman–Crippen MR) is 100.0 cm³/mol. The van der Waals surface area contributed by atoms with E-state index in [1.165, 1.54) is 24.7 Å². The molecule has 1 amide bonds. The number of para-hydroxylation sites is 2. The number of carbonyl (C=O) groups excluding carboxylic acids is 1. The number of hydrazone groups is 1. The van der Waals surface area contributed by atoms with Crippen molar-refractivity contribution in [3.8, 4) is 5.75 Å². The molecule has 1 aromatic heterocycles. The quantitative estimate of drug-likeness (QED) is 0.587. The summed E-state index contributed by atoms with van der Waals surface area (Å²) in [6.07, 6.45) is 2.57. The van der Waals surface area contributed by atoms with Crippen LogP contribution < -0.4 is 14.5 Å². The summed E-state index contributed by atoms with van der Waals surface area (Å²) in [6, 6.07) is 8.54. The van der Waals surface area contributed by atoms with Gasteiger partial charge in [0.1, 0.15) is 12.3 Å². The van der Waals surface area contributed by atoms with Crippen LogP contribution in [0.2, 0.25) is 0 Å². The van der Waals surface area contributed by atoms with E-state index in [-0.39, 0.29) is 0 Å². The van der Waals surface area contributed by atoms with Gasteiger partial charge in [-0.15, -0.1) is 11.3 Å². The zero-order valence-electron chi connectivity index (χ0n) is 14.1. The predicted octanol–water partition coefficient (Wildman–Crippen LogP) is 1.98. The van der Waals surface area contributed by atoms with Crippen LogP contribution in [0.3, 0.4) is 0 Å². The fraction of sp³-hybridized carbons (Fsp3) is 0.250. The smallest absolute Gasteiger partial charge is 0.260 e. The lowest BCUT2D eigenvalue weighted by molar-refractivity contribution is -0.119. The second kappa shape index (κ2) is 8.13. The molecule has 2 aromatic rings. The molecule has 2 rings (SSSR count). The lowest BCUT2D eigenvalue weighted by Gasteiger charge is -2.23. The Morgan fingerprint density at radius 2 is 2.08 bits per heavy atom. The van der Waals surface area contributed by atoms with Crippen molar-refractivity contribution in [2.24, 2.45) is 5.10 Å². The van der Waals surface area contributed by atoms with E-state index < -0.39 is 22.5 Å². The third-order valence-electron chi connectivity index (χ3n) is 3.31. The lowest BCUT2D eigenvalue weighted by atomic mass is 10.3. The monoisotopic (exact) mass is 381 g/mol. The van der Waals surface area contributed by atoms with E-state index in [9.17, 15) is 13.2 Å². The van der Waals surface area contributed by atoms with Crippen molar-refractivity contribution in [2.45, 2.75) is 6.92 Å². The molecular weight excluding hydrogens is 362 g/mol. The summed E-state index contributed by atoms with van der Waals surface area (Å²) >= 11 is 1.50. The number of benzene rings is 1. The van der Waals surface area contributed by atoms with Gasteiger partial charge < -0.3 is 4.74 Å². The average molecular weight is 381 g/mol. The van der Waals surface area contributed by atoms with Gasteiger partial charge in [0.25, 0.3) is 5.91 Å². The molecule has 1 N–H and O–H groups in total. The molecule has 7 nitrogen and oxygen atoms in total. The Labute approximate surface area is 151 Å². The number of amides is 1. The van der Waals surface area contributed by atoms with Gasteiger partial charge >= 0.3 is 0 Å². The van der Waals surface area contributed by atoms with Gasteiger partial charge in [-0.2, -0.15) is 5.10 Å². The van der Waals surface area contributed by atoms with E-state index in [1.807, 2.05) is 18.4 Å². The van der Waals surface area contributed by atoms with E-state index in [1.54, 1.807) is 24.3 Å². The first-order chi connectivity index (χ1) is 11.8. The average Bonchev–Trinajstić information content (AvgIpc) is 2.97. The molecule has 0 unspecified atom stereocenters. The van der Waals surface area contributed by atoms with Crippen molar-refractivity contribution in [1.82, 2.24) is 5.43 Å². The zero-order chi connectivity index (χ0) is 18.4. The van der Waals surface area contributed by atoms with Crippen molar-refractivity contribution in [3.05, 3.63) is 46.2 Å². The van der Waals surface area contributed by atoms with Crippen LogP contribution >= 0.6 is 11.3 Å². The first-order valence-corrected chi connectivity index (χ1v) is 10.0. The molecule has 1 heterocycles. The third kappa shape index (κ3) is 5.04. The van der Waals surface area contributed by atoms with Crippen molar-refractivity contribution >= 4 is 39.2 Å². The molecule has 0 atom stereocenters. The van der Waals surface area contributed by atoms with Gasteiger partial charge in [0.15, 0.2) is 0 Å². The highest BCUT2D eigenvalue weighted by atomic mass is 32.2. The van der Waals surface area contributed by atoms with Crippen LogP contribution in [0.5, 0.6) is 5.75 Å². The molecule has 25 heavy (non-hydrogen) atoms. The molecule has 0 aliphatic rings. The number of hydrogen-bond donors (Lipinski definition) is 1. The second-order valence-electron chi connectivity index (χ2n) is 5.20. The van der Waals surface area contributed by atoms with Crippen LogP contribution in [0.4, 0.5) is 5.69 Å². The summed E-state index contributed by atoms with van der Waals surface area (Å²) in [5.41, 5.74) is 3.69. The van der Waals surface area contributed by atoms with Crippen LogP contribution in [0, 0.1) is 6.92 Å². The number of nitrogens with one attached hydrogen (secondary N) is 1. The SMILES string of the molecule is COc1ccccc1N(CC(=O)N/N=C\c1sccc1C)S(C)(=O)=O. The van der Waals surface area contributed by atoms with Crippen molar-refractivity contribution in [1.29, 1.82) is 0 Å². The molecule has 0 saturated carbocycles. The number of thiophene rings is 1. The highest BCUT2D eigenvalue weighted by Crippen LogP contribution is 2.29. The molecular formula is C16H19N3O4S2. The Bertz CT molecular complexity index is 875. The summed E-state index contributed by atoms with van der Waals surface area (Å²) in [6.45, 7) is 1.53. The maximum Gasteiger partial charge on any atom is 0.260 e. The second-order valence-corrected chi connectivity index (χ2v) is 8.06. The first-order valence-electron chi connectivity index (χ1n) is 7.29. The van der Waals surface area contributed by atoms with Crippen molar-refractivity contribution < 1.29 is 17.9 Å². The summed E-state index contributed by atoms with van der Waals surface area (Å²) in [5, 5.41) is 5.80. The normalized spacial score (nSPS) is 11.5. The van der Waals surface area contributed by atoms with Gasteiger partial charge in [-0.3, -0.25) is 9.10 Å². The minimum atomic E-state index is -3.68.